The minimum absolute atomic E-state index is 0.0267. The summed E-state index contributed by atoms with van der Waals surface area (Å²) in [5, 5.41) is 2.71. The van der Waals surface area contributed by atoms with Crippen molar-refractivity contribution in [1.29, 1.82) is 0 Å². The van der Waals surface area contributed by atoms with Gasteiger partial charge in [-0.25, -0.2) is 9.55 Å². The third-order valence-corrected chi connectivity index (χ3v) is 5.32. The lowest BCUT2D eigenvalue weighted by atomic mass is 10.1. The van der Waals surface area contributed by atoms with Crippen molar-refractivity contribution in [3.05, 3.63) is 59.8 Å². The number of hydrogen-bond acceptors (Lipinski definition) is 8. The van der Waals surface area contributed by atoms with Gasteiger partial charge >= 0.3 is 7.82 Å². The molecule has 1 heterocycles. The summed E-state index contributed by atoms with van der Waals surface area (Å²) in [5.41, 5.74) is 12.6. The van der Waals surface area contributed by atoms with Crippen molar-refractivity contribution in [1.82, 2.24) is 9.55 Å². The van der Waals surface area contributed by atoms with Crippen molar-refractivity contribution in [2.75, 3.05) is 19.0 Å². The Kier molecular flexibility index (Phi) is 8.43. The van der Waals surface area contributed by atoms with Gasteiger partial charge in [-0.15, -0.1) is 0 Å². The first-order valence-electron chi connectivity index (χ1n) is 10.5. The van der Waals surface area contributed by atoms with E-state index in [4.69, 9.17) is 26.0 Å². The van der Waals surface area contributed by atoms with E-state index in [1.54, 1.807) is 16.7 Å². The number of phosphoric ester groups is 1. The predicted molar refractivity (Wildman–Crippen MR) is 133 cm³/mol. The molecule has 0 saturated heterocycles. The molecule has 3 rings (SSSR count). The van der Waals surface area contributed by atoms with E-state index < -0.39 is 19.6 Å². The SMILES string of the molecule is COc1cc(C(N)=O)cc2nc(NC(=O)CN=CC=CN)n(CCc3ccc(OP(=O)(O)O)cc3)c12. The number of phosphoric acid groups is 1. The van der Waals surface area contributed by atoms with Gasteiger partial charge in [0.25, 0.3) is 0 Å². The zero-order valence-electron chi connectivity index (χ0n) is 19.2. The molecule has 0 saturated carbocycles. The summed E-state index contributed by atoms with van der Waals surface area (Å²) < 4.78 is 22.8. The number of carbonyl (C=O) groups excluding carboxylic acids is 2. The predicted octanol–water partition coefficient (Wildman–Crippen LogP) is 1.34. The first-order valence-corrected chi connectivity index (χ1v) is 12.0. The Bertz CT molecular complexity index is 1360. The molecule has 0 spiro atoms. The molecule has 36 heavy (non-hydrogen) atoms. The van der Waals surface area contributed by atoms with E-state index in [1.165, 1.54) is 49.9 Å². The number of methoxy groups -OCH3 is 1. The average molecular weight is 516 g/mol. The summed E-state index contributed by atoms with van der Waals surface area (Å²) in [5.74, 6) is -0.512. The van der Waals surface area contributed by atoms with Crippen molar-refractivity contribution < 1.29 is 33.2 Å². The van der Waals surface area contributed by atoms with Gasteiger partial charge in [-0.1, -0.05) is 12.1 Å². The third-order valence-electron chi connectivity index (χ3n) is 4.87. The number of aliphatic imine (C=N–C) groups is 1. The van der Waals surface area contributed by atoms with Crippen LogP contribution in [0.5, 0.6) is 11.5 Å². The van der Waals surface area contributed by atoms with E-state index in [1.807, 2.05) is 0 Å². The number of amides is 2. The monoisotopic (exact) mass is 516 g/mol. The second kappa shape index (κ2) is 11.5. The molecule has 2 amide bonds. The van der Waals surface area contributed by atoms with Gasteiger partial charge in [-0.05, 0) is 48.5 Å². The molecule has 0 aliphatic carbocycles. The first kappa shape index (κ1) is 26.4. The number of allylic oxidation sites excluding steroid dienone is 1. The number of primary amides is 1. The fourth-order valence-corrected chi connectivity index (χ4v) is 3.74. The van der Waals surface area contributed by atoms with Crippen LogP contribution in [-0.2, 0) is 22.3 Å². The average Bonchev–Trinajstić information content (AvgIpc) is 3.16. The molecule has 7 N–H and O–H groups in total. The van der Waals surface area contributed by atoms with E-state index in [2.05, 4.69) is 19.8 Å². The molecule has 0 atom stereocenters. The largest absolute Gasteiger partial charge is 0.524 e. The van der Waals surface area contributed by atoms with Crippen LogP contribution < -0.4 is 26.0 Å². The Morgan fingerprint density at radius 1 is 1.25 bits per heavy atom. The van der Waals surface area contributed by atoms with Gasteiger partial charge in [0.1, 0.15) is 23.6 Å². The van der Waals surface area contributed by atoms with Crippen LogP contribution in [0, 0.1) is 0 Å². The van der Waals surface area contributed by atoms with Gasteiger partial charge in [0.05, 0.1) is 12.6 Å². The van der Waals surface area contributed by atoms with Gasteiger partial charge in [0.2, 0.25) is 17.8 Å². The Balaban J connectivity index is 1.93. The normalized spacial score (nSPS) is 11.9. The number of nitrogens with one attached hydrogen (secondary N) is 1. The molecule has 190 valence electrons. The summed E-state index contributed by atoms with van der Waals surface area (Å²) in [4.78, 5) is 50.5. The molecule has 0 fully saturated rings. The van der Waals surface area contributed by atoms with Crippen LogP contribution in [0.25, 0.3) is 11.0 Å². The standard InChI is InChI=1S/C22H25N6O7P/c1-34-18-12-15(21(24)30)11-17-20(18)28(22(26-17)27-19(29)13-25-9-2-8-23)10-7-14-3-5-16(6-4-14)35-36(31,32)33/h2-6,8-9,11-12H,7,10,13,23H2,1H3,(H2,24,30)(H,26,27,29)(H2,31,32,33). The lowest BCUT2D eigenvalue weighted by Gasteiger charge is -2.13. The van der Waals surface area contributed by atoms with Crippen molar-refractivity contribution >= 4 is 42.8 Å². The Labute approximate surface area is 205 Å². The smallest absolute Gasteiger partial charge is 0.494 e. The number of benzene rings is 2. The van der Waals surface area contributed by atoms with E-state index in [-0.39, 0.29) is 23.8 Å². The molecule has 13 nitrogen and oxygen atoms in total. The maximum absolute atomic E-state index is 12.4. The number of aryl methyl sites for hydroxylation is 2. The summed E-state index contributed by atoms with van der Waals surface area (Å²) in [6.45, 7) is 0.161. The van der Waals surface area contributed by atoms with E-state index in [0.717, 1.165) is 5.56 Å². The Morgan fingerprint density at radius 3 is 2.58 bits per heavy atom. The molecular formula is C22H25N6O7P. The molecule has 0 radical (unpaired) electrons. The molecule has 2 aromatic carbocycles. The van der Waals surface area contributed by atoms with Crippen LogP contribution in [-0.4, -0.2) is 51.0 Å². The second-order valence-electron chi connectivity index (χ2n) is 7.40. The van der Waals surface area contributed by atoms with Crippen LogP contribution in [0.15, 0.2) is 53.7 Å². The van der Waals surface area contributed by atoms with E-state index in [9.17, 15) is 14.2 Å². The summed E-state index contributed by atoms with van der Waals surface area (Å²) in [6, 6.07) is 9.19. The van der Waals surface area contributed by atoms with Crippen LogP contribution in [0.4, 0.5) is 5.95 Å². The number of carbonyl (C=O) groups is 2. The number of ether oxygens (including phenoxy) is 1. The number of hydrogen-bond donors (Lipinski definition) is 5. The van der Waals surface area contributed by atoms with Crippen molar-refractivity contribution in [2.45, 2.75) is 13.0 Å². The first-order chi connectivity index (χ1) is 17.1. The quantitative estimate of drug-likeness (QED) is 0.184. The number of aromatic nitrogens is 2. The van der Waals surface area contributed by atoms with Gasteiger partial charge in [-0.3, -0.25) is 29.7 Å². The Morgan fingerprint density at radius 2 is 1.97 bits per heavy atom. The maximum Gasteiger partial charge on any atom is 0.524 e. The third kappa shape index (κ3) is 6.92. The number of anilines is 1. The highest BCUT2D eigenvalue weighted by molar-refractivity contribution is 7.46. The van der Waals surface area contributed by atoms with Crippen LogP contribution in [0.2, 0.25) is 0 Å². The number of fused-ring (bicyclic) bond motifs is 1. The molecule has 0 unspecified atom stereocenters. The number of imidazole rings is 1. The van der Waals surface area contributed by atoms with Gasteiger partial charge in [-0.2, -0.15) is 0 Å². The van der Waals surface area contributed by atoms with E-state index in [0.29, 0.717) is 29.7 Å². The molecule has 3 aromatic rings. The lowest BCUT2D eigenvalue weighted by molar-refractivity contribution is -0.114. The van der Waals surface area contributed by atoms with Crippen LogP contribution >= 0.6 is 7.82 Å². The highest BCUT2D eigenvalue weighted by Gasteiger charge is 2.20. The molecule has 0 bridgehead atoms. The highest BCUT2D eigenvalue weighted by atomic mass is 31.2. The summed E-state index contributed by atoms with van der Waals surface area (Å²) in [6.07, 6.45) is 4.61. The highest BCUT2D eigenvalue weighted by Crippen LogP contribution is 2.37. The molecule has 14 heteroatoms. The number of nitrogens with zero attached hydrogens (tertiary/aromatic N) is 3. The number of rotatable bonds is 11. The van der Waals surface area contributed by atoms with Gasteiger partial charge in [0.15, 0.2) is 0 Å². The zero-order valence-corrected chi connectivity index (χ0v) is 20.1. The van der Waals surface area contributed by atoms with Crippen LogP contribution in [0.3, 0.4) is 0 Å². The van der Waals surface area contributed by atoms with Gasteiger partial charge < -0.3 is 25.3 Å². The van der Waals surface area contributed by atoms with E-state index >= 15 is 0 Å². The summed E-state index contributed by atoms with van der Waals surface area (Å²) >= 11 is 0. The molecule has 0 aliphatic rings. The maximum atomic E-state index is 12.4. The fourth-order valence-electron chi connectivity index (χ4n) is 3.35. The molecule has 1 aromatic heterocycles. The molecule has 0 aliphatic heterocycles. The van der Waals surface area contributed by atoms with Gasteiger partial charge in [0, 0.05) is 18.3 Å². The number of nitrogens with two attached hydrogens (primary N) is 2. The topological polar surface area (TPSA) is 204 Å². The second-order valence-corrected chi connectivity index (χ2v) is 8.56. The summed E-state index contributed by atoms with van der Waals surface area (Å²) in [7, 11) is -3.22. The Hall–Kier alpha value is -4.19. The minimum Gasteiger partial charge on any atom is -0.494 e. The minimum atomic E-state index is -4.66. The van der Waals surface area contributed by atoms with Crippen LogP contribution in [0.1, 0.15) is 15.9 Å². The van der Waals surface area contributed by atoms with Crippen molar-refractivity contribution in [3.8, 4) is 11.5 Å². The lowest BCUT2D eigenvalue weighted by Crippen LogP contribution is -2.19. The zero-order chi connectivity index (χ0) is 26.3. The van der Waals surface area contributed by atoms with Crippen molar-refractivity contribution in [2.24, 2.45) is 16.5 Å². The molecular weight excluding hydrogens is 491 g/mol. The fraction of sp³-hybridized carbons (Fsp3) is 0.182. The van der Waals surface area contributed by atoms with Crippen molar-refractivity contribution in [3.63, 3.8) is 0 Å².